The van der Waals surface area contributed by atoms with Crippen LogP contribution in [0.2, 0.25) is 0 Å². The lowest BCUT2D eigenvalue weighted by atomic mass is 9.95. The van der Waals surface area contributed by atoms with Crippen molar-refractivity contribution in [3.05, 3.63) is 29.6 Å². The van der Waals surface area contributed by atoms with Gasteiger partial charge in [0.2, 0.25) is 5.91 Å². The predicted molar refractivity (Wildman–Crippen MR) is 87.2 cm³/mol. The van der Waals surface area contributed by atoms with E-state index in [2.05, 4.69) is 4.98 Å². The Morgan fingerprint density at radius 1 is 1.16 bits per heavy atom. The molecule has 0 aromatic carbocycles. The smallest absolute Gasteiger partial charge is 0.354 e. The molecule has 1 aromatic heterocycles. The highest BCUT2D eigenvalue weighted by atomic mass is 16.5. The molecule has 2 aliphatic heterocycles. The van der Waals surface area contributed by atoms with E-state index in [9.17, 15) is 14.4 Å². The number of aromatic nitrogens is 1. The predicted octanol–water partition coefficient (Wildman–Crippen LogP) is 0.491. The van der Waals surface area contributed by atoms with Gasteiger partial charge >= 0.3 is 5.97 Å². The number of aromatic carboxylic acids is 1. The van der Waals surface area contributed by atoms with E-state index in [0.717, 1.165) is 12.8 Å². The molecule has 1 N–H and O–H groups in total. The number of hydrogen-bond acceptors (Lipinski definition) is 5. The van der Waals surface area contributed by atoms with Gasteiger partial charge in [-0.15, -0.1) is 0 Å². The molecule has 2 aliphatic rings. The molecule has 134 valence electrons. The number of pyridine rings is 1. The molecule has 2 amide bonds. The van der Waals surface area contributed by atoms with E-state index in [0.29, 0.717) is 39.4 Å². The van der Waals surface area contributed by atoms with E-state index < -0.39 is 5.97 Å². The quantitative estimate of drug-likeness (QED) is 0.854. The van der Waals surface area contributed by atoms with Crippen molar-refractivity contribution in [1.82, 2.24) is 14.8 Å². The second-order valence-corrected chi connectivity index (χ2v) is 6.26. The minimum Gasteiger partial charge on any atom is -0.477 e. The van der Waals surface area contributed by atoms with Crippen molar-refractivity contribution >= 4 is 17.8 Å². The number of rotatable bonds is 3. The van der Waals surface area contributed by atoms with Crippen LogP contribution in [0.1, 0.15) is 33.7 Å². The highest BCUT2D eigenvalue weighted by Crippen LogP contribution is 2.21. The van der Waals surface area contributed by atoms with Gasteiger partial charge in [0.15, 0.2) is 0 Å². The third-order valence-corrected chi connectivity index (χ3v) is 4.61. The maximum absolute atomic E-state index is 12.7. The molecule has 1 aromatic rings. The van der Waals surface area contributed by atoms with Crippen LogP contribution in [0.5, 0.6) is 0 Å². The fourth-order valence-electron chi connectivity index (χ4n) is 3.27. The zero-order valence-corrected chi connectivity index (χ0v) is 13.9. The number of likely N-dealkylation sites (tertiary alicyclic amines) is 1. The molecule has 8 nitrogen and oxygen atoms in total. The van der Waals surface area contributed by atoms with Crippen molar-refractivity contribution in [2.45, 2.75) is 12.8 Å². The third kappa shape index (κ3) is 3.96. The van der Waals surface area contributed by atoms with Crippen LogP contribution in [-0.2, 0) is 9.53 Å². The minimum atomic E-state index is -1.17. The third-order valence-electron chi connectivity index (χ3n) is 4.61. The minimum absolute atomic E-state index is 0.0711. The normalized spacial score (nSPS) is 21.0. The number of carbonyl (C=O) groups excluding carboxylic acids is 2. The lowest BCUT2D eigenvalue weighted by molar-refractivity contribution is -0.141. The Labute approximate surface area is 145 Å². The summed E-state index contributed by atoms with van der Waals surface area (Å²) in [6.45, 7) is 3.22. The van der Waals surface area contributed by atoms with Crippen molar-refractivity contribution in [3.63, 3.8) is 0 Å². The molecule has 0 saturated carbocycles. The van der Waals surface area contributed by atoms with E-state index in [1.165, 1.54) is 18.3 Å². The first-order chi connectivity index (χ1) is 12.1. The number of nitrogens with zero attached hydrogens (tertiary/aromatic N) is 3. The van der Waals surface area contributed by atoms with Gasteiger partial charge in [0, 0.05) is 37.9 Å². The molecule has 3 heterocycles. The standard InChI is InChI=1S/C17H21N3O5/c21-15(12-3-4-18-14(10-12)17(23)24)20-5-1-2-13(11-20)16(22)19-6-8-25-9-7-19/h3-4,10,13H,1-2,5-9,11H2,(H,23,24). The average molecular weight is 347 g/mol. The number of carboxylic acids is 1. The van der Waals surface area contributed by atoms with E-state index in [1.807, 2.05) is 0 Å². The zero-order valence-electron chi connectivity index (χ0n) is 13.9. The number of piperidine rings is 1. The Hall–Kier alpha value is -2.48. The van der Waals surface area contributed by atoms with E-state index in [1.54, 1.807) is 9.80 Å². The summed E-state index contributed by atoms with van der Waals surface area (Å²) in [5.41, 5.74) is 0.121. The number of amides is 2. The van der Waals surface area contributed by atoms with Crippen LogP contribution in [0.3, 0.4) is 0 Å². The SMILES string of the molecule is O=C(O)c1cc(C(=O)N2CCCC(C(=O)N3CCOCC3)C2)ccn1. The van der Waals surface area contributed by atoms with Crippen LogP contribution in [-0.4, -0.2) is 77.1 Å². The van der Waals surface area contributed by atoms with E-state index >= 15 is 0 Å². The molecule has 25 heavy (non-hydrogen) atoms. The van der Waals surface area contributed by atoms with Crippen molar-refractivity contribution in [3.8, 4) is 0 Å². The maximum Gasteiger partial charge on any atom is 0.354 e. The van der Waals surface area contributed by atoms with Gasteiger partial charge in [-0.05, 0) is 25.0 Å². The monoisotopic (exact) mass is 347 g/mol. The van der Waals surface area contributed by atoms with Gasteiger partial charge in [0.05, 0.1) is 19.1 Å². The summed E-state index contributed by atoms with van der Waals surface area (Å²) in [4.78, 5) is 43.5. The summed E-state index contributed by atoms with van der Waals surface area (Å²) in [5, 5.41) is 9.01. The van der Waals surface area contributed by atoms with Crippen LogP contribution < -0.4 is 0 Å². The molecule has 3 rings (SSSR count). The summed E-state index contributed by atoms with van der Waals surface area (Å²) in [7, 11) is 0. The Morgan fingerprint density at radius 3 is 2.64 bits per heavy atom. The van der Waals surface area contributed by atoms with Gasteiger partial charge in [-0.25, -0.2) is 9.78 Å². The molecular weight excluding hydrogens is 326 g/mol. The maximum atomic E-state index is 12.7. The number of ether oxygens (including phenoxy) is 1. The molecule has 2 fully saturated rings. The number of hydrogen-bond donors (Lipinski definition) is 1. The van der Waals surface area contributed by atoms with Gasteiger partial charge in [-0.3, -0.25) is 9.59 Å². The van der Waals surface area contributed by atoms with E-state index in [-0.39, 0.29) is 29.0 Å². The van der Waals surface area contributed by atoms with Gasteiger partial charge in [0.1, 0.15) is 5.69 Å². The lowest BCUT2D eigenvalue weighted by Gasteiger charge is -2.36. The number of carbonyl (C=O) groups is 3. The first-order valence-electron chi connectivity index (χ1n) is 8.41. The topological polar surface area (TPSA) is 100 Å². The van der Waals surface area contributed by atoms with Crippen molar-refractivity contribution in [2.75, 3.05) is 39.4 Å². The molecule has 0 aliphatic carbocycles. The Balaban J connectivity index is 1.68. The fraction of sp³-hybridized carbons (Fsp3) is 0.529. The Bertz CT molecular complexity index is 672. The second kappa shape index (κ2) is 7.60. The fourth-order valence-corrected chi connectivity index (χ4v) is 3.27. The second-order valence-electron chi connectivity index (χ2n) is 6.26. The van der Waals surface area contributed by atoms with Crippen molar-refractivity contribution < 1.29 is 24.2 Å². The molecule has 0 radical (unpaired) electrons. The Morgan fingerprint density at radius 2 is 1.92 bits per heavy atom. The van der Waals surface area contributed by atoms with Gasteiger partial charge < -0.3 is 19.6 Å². The molecule has 8 heteroatoms. The van der Waals surface area contributed by atoms with Crippen LogP contribution in [0, 0.1) is 5.92 Å². The zero-order chi connectivity index (χ0) is 17.8. The summed E-state index contributed by atoms with van der Waals surface area (Å²) < 4.78 is 5.27. The molecule has 0 spiro atoms. The summed E-state index contributed by atoms with van der Waals surface area (Å²) in [5.74, 6) is -1.57. The molecule has 1 atom stereocenters. The van der Waals surface area contributed by atoms with Gasteiger partial charge in [0.25, 0.3) is 5.91 Å². The number of carboxylic acid groups (broad SMARTS) is 1. The van der Waals surface area contributed by atoms with Crippen LogP contribution >= 0.6 is 0 Å². The highest BCUT2D eigenvalue weighted by Gasteiger charge is 2.32. The number of morpholine rings is 1. The van der Waals surface area contributed by atoms with E-state index in [4.69, 9.17) is 9.84 Å². The van der Waals surface area contributed by atoms with Crippen molar-refractivity contribution in [1.29, 1.82) is 0 Å². The van der Waals surface area contributed by atoms with Crippen LogP contribution in [0.4, 0.5) is 0 Å². The molecule has 1 unspecified atom stereocenters. The van der Waals surface area contributed by atoms with Crippen molar-refractivity contribution in [2.24, 2.45) is 5.92 Å². The van der Waals surface area contributed by atoms with Crippen LogP contribution in [0.25, 0.3) is 0 Å². The highest BCUT2D eigenvalue weighted by molar-refractivity contribution is 5.97. The van der Waals surface area contributed by atoms with Crippen LogP contribution in [0.15, 0.2) is 18.3 Å². The molecular formula is C17H21N3O5. The first-order valence-corrected chi connectivity index (χ1v) is 8.41. The Kier molecular flexibility index (Phi) is 5.28. The summed E-state index contributed by atoms with van der Waals surface area (Å²) >= 11 is 0. The lowest BCUT2D eigenvalue weighted by Crippen LogP contribution is -2.49. The molecule has 0 bridgehead atoms. The largest absolute Gasteiger partial charge is 0.477 e. The average Bonchev–Trinajstić information content (AvgIpc) is 2.67. The summed E-state index contributed by atoms with van der Waals surface area (Å²) in [6.07, 6.45) is 2.83. The first kappa shape index (κ1) is 17.3. The van der Waals surface area contributed by atoms with Gasteiger partial charge in [-0.1, -0.05) is 0 Å². The summed E-state index contributed by atoms with van der Waals surface area (Å²) in [6, 6.07) is 2.78. The van der Waals surface area contributed by atoms with Gasteiger partial charge in [-0.2, -0.15) is 0 Å². The molecule has 2 saturated heterocycles.